The summed E-state index contributed by atoms with van der Waals surface area (Å²) in [4.78, 5) is 26.2. The van der Waals surface area contributed by atoms with E-state index in [2.05, 4.69) is 11.4 Å². The third-order valence-corrected chi connectivity index (χ3v) is 3.96. The number of carbonyl (C=O) groups is 2. The molecule has 0 unspecified atom stereocenters. The molecule has 0 aliphatic carbocycles. The Kier molecular flexibility index (Phi) is 5.19. The first-order chi connectivity index (χ1) is 10.4. The number of hydrogen-bond donors (Lipinski definition) is 1. The van der Waals surface area contributed by atoms with Gasteiger partial charge in [0.25, 0.3) is 0 Å². The molecule has 0 aromatic heterocycles. The Hall–Kier alpha value is -1.88. The van der Waals surface area contributed by atoms with Crippen LogP contribution in [0.25, 0.3) is 0 Å². The number of likely N-dealkylation sites (tertiary alicyclic amines) is 1. The molecule has 2 rings (SSSR count). The molecule has 0 bridgehead atoms. The lowest BCUT2D eigenvalue weighted by molar-refractivity contribution is -0.130. The lowest BCUT2D eigenvalue weighted by Gasteiger charge is -2.23. The number of carbonyl (C=O) groups excluding carboxylic acids is 2. The third kappa shape index (κ3) is 3.85. The van der Waals surface area contributed by atoms with Gasteiger partial charge in [0.05, 0.1) is 18.6 Å². The molecule has 0 saturated carbocycles. The number of methoxy groups -OCH3 is 1. The Morgan fingerprint density at radius 1 is 1.36 bits per heavy atom. The van der Waals surface area contributed by atoms with Gasteiger partial charge in [-0.05, 0) is 44.0 Å². The lowest BCUT2D eigenvalue weighted by Crippen LogP contribution is -2.38. The monoisotopic (exact) mass is 304 g/mol. The first-order valence-electron chi connectivity index (χ1n) is 7.58. The summed E-state index contributed by atoms with van der Waals surface area (Å²) in [6.45, 7) is 6.87. The zero-order valence-corrected chi connectivity index (χ0v) is 13.7. The molecule has 2 atom stereocenters. The third-order valence-electron chi connectivity index (χ3n) is 3.96. The van der Waals surface area contributed by atoms with E-state index in [0.29, 0.717) is 13.2 Å². The van der Waals surface area contributed by atoms with Crippen molar-refractivity contribution in [3.05, 3.63) is 29.3 Å². The smallest absolute Gasteiger partial charge is 0.229 e. The van der Waals surface area contributed by atoms with Gasteiger partial charge in [-0.15, -0.1) is 0 Å². The summed E-state index contributed by atoms with van der Waals surface area (Å²) in [5, 5.41) is 2.93. The summed E-state index contributed by atoms with van der Waals surface area (Å²) in [7, 11) is 1.61. The van der Waals surface area contributed by atoms with Crippen LogP contribution in [-0.4, -0.2) is 43.0 Å². The second-order valence-corrected chi connectivity index (χ2v) is 6.12. The minimum atomic E-state index is -0.298. The van der Waals surface area contributed by atoms with Crippen molar-refractivity contribution in [1.82, 2.24) is 4.90 Å². The summed E-state index contributed by atoms with van der Waals surface area (Å²) in [6.07, 6.45) is 0.269. The van der Waals surface area contributed by atoms with Crippen molar-refractivity contribution in [2.75, 3.05) is 25.6 Å². The quantitative estimate of drug-likeness (QED) is 0.906. The topological polar surface area (TPSA) is 58.6 Å². The molecule has 1 fully saturated rings. The average Bonchev–Trinajstić information content (AvgIpc) is 2.80. The van der Waals surface area contributed by atoms with E-state index in [1.54, 1.807) is 12.0 Å². The molecule has 1 heterocycles. The fourth-order valence-corrected chi connectivity index (χ4v) is 2.96. The van der Waals surface area contributed by atoms with E-state index in [1.807, 2.05) is 32.9 Å². The highest BCUT2D eigenvalue weighted by molar-refractivity contribution is 5.97. The molecule has 1 aromatic rings. The standard InChI is InChI=1S/C17H24N2O3/c1-11-5-12(2)7-15(6-11)18-17(21)14-8-16(20)19(9-14)13(3)10-22-4/h5-7,13-14H,8-10H2,1-4H3,(H,18,21)/t13-,14-/m0/s1. The minimum Gasteiger partial charge on any atom is -0.383 e. The summed E-state index contributed by atoms with van der Waals surface area (Å²) in [5.41, 5.74) is 3.00. The fraction of sp³-hybridized carbons (Fsp3) is 0.529. The molecular weight excluding hydrogens is 280 g/mol. The zero-order chi connectivity index (χ0) is 16.3. The van der Waals surface area contributed by atoms with Gasteiger partial charge in [0.2, 0.25) is 11.8 Å². The maximum atomic E-state index is 12.4. The molecule has 22 heavy (non-hydrogen) atoms. The first-order valence-corrected chi connectivity index (χ1v) is 7.58. The Morgan fingerprint density at radius 2 is 2.00 bits per heavy atom. The van der Waals surface area contributed by atoms with Crippen LogP contribution in [0, 0.1) is 19.8 Å². The van der Waals surface area contributed by atoms with E-state index in [9.17, 15) is 9.59 Å². The Bertz CT molecular complexity index is 551. The highest BCUT2D eigenvalue weighted by Crippen LogP contribution is 2.23. The van der Waals surface area contributed by atoms with Crippen molar-refractivity contribution >= 4 is 17.5 Å². The molecule has 120 valence electrons. The molecule has 1 aliphatic heterocycles. The number of amides is 2. The number of hydrogen-bond acceptors (Lipinski definition) is 3. The van der Waals surface area contributed by atoms with Crippen LogP contribution in [0.5, 0.6) is 0 Å². The predicted octanol–water partition coefficient (Wildman–Crippen LogP) is 2.13. The van der Waals surface area contributed by atoms with Crippen LogP contribution in [0.4, 0.5) is 5.69 Å². The largest absolute Gasteiger partial charge is 0.383 e. The van der Waals surface area contributed by atoms with E-state index in [0.717, 1.165) is 16.8 Å². The van der Waals surface area contributed by atoms with E-state index in [4.69, 9.17) is 4.74 Å². The zero-order valence-electron chi connectivity index (χ0n) is 13.7. The molecule has 2 amide bonds. The number of benzene rings is 1. The van der Waals surface area contributed by atoms with Crippen LogP contribution < -0.4 is 5.32 Å². The van der Waals surface area contributed by atoms with Crippen molar-refractivity contribution in [3.63, 3.8) is 0 Å². The van der Waals surface area contributed by atoms with Crippen LogP contribution in [0.1, 0.15) is 24.5 Å². The van der Waals surface area contributed by atoms with Crippen LogP contribution in [0.3, 0.4) is 0 Å². The normalized spacial score (nSPS) is 19.4. The number of ether oxygens (including phenoxy) is 1. The van der Waals surface area contributed by atoms with Crippen LogP contribution in [0.2, 0.25) is 0 Å². The second-order valence-electron chi connectivity index (χ2n) is 6.12. The van der Waals surface area contributed by atoms with E-state index < -0.39 is 0 Å². The van der Waals surface area contributed by atoms with Gasteiger partial charge >= 0.3 is 0 Å². The summed E-state index contributed by atoms with van der Waals surface area (Å²) >= 11 is 0. The van der Waals surface area contributed by atoms with Gasteiger partial charge in [0.1, 0.15) is 0 Å². The summed E-state index contributed by atoms with van der Waals surface area (Å²) in [6, 6.07) is 5.93. The first kappa shape index (κ1) is 16.5. The van der Waals surface area contributed by atoms with Crippen molar-refractivity contribution in [2.24, 2.45) is 5.92 Å². The molecule has 0 radical (unpaired) electrons. The lowest BCUT2D eigenvalue weighted by atomic mass is 10.1. The van der Waals surface area contributed by atoms with Crippen LogP contribution >= 0.6 is 0 Å². The molecule has 5 heteroatoms. The number of nitrogens with one attached hydrogen (secondary N) is 1. The van der Waals surface area contributed by atoms with Crippen molar-refractivity contribution in [3.8, 4) is 0 Å². The van der Waals surface area contributed by atoms with Crippen LogP contribution in [-0.2, 0) is 14.3 Å². The maximum absolute atomic E-state index is 12.4. The average molecular weight is 304 g/mol. The van der Waals surface area contributed by atoms with Crippen molar-refractivity contribution in [2.45, 2.75) is 33.2 Å². The molecule has 1 aliphatic rings. The van der Waals surface area contributed by atoms with Crippen LogP contribution in [0.15, 0.2) is 18.2 Å². The number of aryl methyl sites for hydroxylation is 2. The minimum absolute atomic E-state index is 0.00323. The number of nitrogens with zero attached hydrogens (tertiary/aromatic N) is 1. The number of rotatable bonds is 5. The molecule has 1 aromatic carbocycles. The second kappa shape index (κ2) is 6.92. The molecule has 0 spiro atoms. The predicted molar refractivity (Wildman–Crippen MR) is 85.7 cm³/mol. The Labute approximate surface area is 131 Å². The fourth-order valence-electron chi connectivity index (χ4n) is 2.96. The van der Waals surface area contributed by atoms with Crippen molar-refractivity contribution < 1.29 is 14.3 Å². The van der Waals surface area contributed by atoms with Gasteiger partial charge in [-0.3, -0.25) is 9.59 Å². The Balaban J connectivity index is 2.00. The summed E-state index contributed by atoms with van der Waals surface area (Å²) in [5.74, 6) is -0.372. The highest BCUT2D eigenvalue weighted by Gasteiger charge is 2.36. The molecule has 1 N–H and O–H groups in total. The van der Waals surface area contributed by atoms with Gasteiger partial charge in [0.15, 0.2) is 0 Å². The van der Waals surface area contributed by atoms with Gasteiger partial charge in [0, 0.05) is 25.8 Å². The number of anilines is 1. The Morgan fingerprint density at radius 3 is 2.59 bits per heavy atom. The van der Waals surface area contributed by atoms with E-state index in [1.165, 1.54) is 0 Å². The highest BCUT2D eigenvalue weighted by atomic mass is 16.5. The van der Waals surface area contributed by atoms with Gasteiger partial charge in [-0.1, -0.05) is 6.07 Å². The van der Waals surface area contributed by atoms with E-state index >= 15 is 0 Å². The molecular formula is C17H24N2O3. The summed E-state index contributed by atoms with van der Waals surface area (Å²) < 4.78 is 5.09. The molecule has 5 nitrogen and oxygen atoms in total. The van der Waals surface area contributed by atoms with E-state index in [-0.39, 0.29) is 30.2 Å². The maximum Gasteiger partial charge on any atom is 0.229 e. The van der Waals surface area contributed by atoms with Gasteiger partial charge in [-0.25, -0.2) is 0 Å². The molecule has 1 saturated heterocycles. The van der Waals surface area contributed by atoms with Crippen molar-refractivity contribution in [1.29, 1.82) is 0 Å². The van der Waals surface area contributed by atoms with Gasteiger partial charge < -0.3 is 15.0 Å². The SMILES string of the molecule is COC[C@H](C)N1C[C@@H](C(=O)Nc2cc(C)cc(C)c2)CC1=O. The van der Waals surface area contributed by atoms with Gasteiger partial charge in [-0.2, -0.15) is 0 Å².